The summed E-state index contributed by atoms with van der Waals surface area (Å²) in [5.41, 5.74) is 4.37. The third-order valence-corrected chi connectivity index (χ3v) is 4.27. The van der Waals surface area contributed by atoms with Gasteiger partial charge in [0.15, 0.2) is 5.78 Å². The number of aliphatic hydroxyl groups excluding tert-OH is 1. The molecule has 0 unspecified atom stereocenters. The molecule has 154 valence electrons. The Kier molecular flexibility index (Phi) is 8.70. The van der Waals surface area contributed by atoms with Gasteiger partial charge in [-0.05, 0) is 36.4 Å². The van der Waals surface area contributed by atoms with Crippen molar-refractivity contribution in [2.75, 3.05) is 0 Å². The van der Waals surface area contributed by atoms with E-state index >= 15 is 0 Å². The van der Waals surface area contributed by atoms with Crippen LogP contribution in [0.2, 0.25) is 0 Å². The number of fused-ring (bicyclic) bond motifs is 1. The van der Waals surface area contributed by atoms with Gasteiger partial charge >= 0.3 is 0 Å². The molecule has 0 spiro atoms. The zero-order valence-corrected chi connectivity index (χ0v) is 19.1. The van der Waals surface area contributed by atoms with E-state index in [9.17, 15) is 4.79 Å². The minimum Gasteiger partial charge on any atom is -0.512 e. The molecular weight excluding hydrogens is 553 g/mol. The van der Waals surface area contributed by atoms with Gasteiger partial charge in [-0.1, -0.05) is 65.7 Å². The van der Waals surface area contributed by atoms with E-state index in [-0.39, 0.29) is 32.6 Å². The summed E-state index contributed by atoms with van der Waals surface area (Å²) in [5.74, 6) is -0.0625. The van der Waals surface area contributed by atoms with Crippen molar-refractivity contribution in [3.8, 4) is 22.4 Å². The Bertz CT molecular complexity index is 1140. The van der Waals surface area contributed by atoms with E-state index in [1.165, 1.54) is 36.3 Å². The second-order valence-corrected chi connectivity index (χ2v) is 6.60. The zero-order chi connectivity index (χ0) is 20.6. The topological polar surface area (TPSA) is 50.2 Å². The fraction of sp³-hybridized carbons (Fsp3) is 0.0769. The number of hydrogen-bond donors (Lipinski definition) is 1. The Labute approximate surface area is 191 Å². The van der Waals surface area contributed by atoms with E-state index in [1.54, 1.807) is 0 Å². The predicted octanol–water partition coefficient (Wildman–Crippen LogP) is 6.40. The van der Waals surface area contributed by atoms with Gasteiger partial charge in [-0.2, -0.15) is 0 Å². The van der Waals surface area contributed by atoms with Crippen LogP contribution in [-0.4, -0.2) is 15.9 Å². The number of carbonyl (C=O) groups is 1. The van der Waals surface area contributed by atoms with Crippen LogP contribution in [-0.2, 0) is 25.9 Å². The van der Waals surface area contributed by atoms with Crippen LogP contribution in [0.15, 0.2) is 96.9 Å². The van der Waals surface area contributed by atoms with Crippen LogP contribution in [0, 0.1) is 6.07 Å². The molecule has 0 radical (unpaired) electrons. The van der Waals surface area contributed by atoms with Crippen LogP contribution in [0.3, 0.4) is 0 Å². The largest absolute Gasteiger partial charge is 0.512 e. The van der Waals surface area contributed by atoms with Crippen molar-refractivity contribution in [1.82, 2.24) is 4.98 Å². The number of rotatable bonds is 3. The summed E-state index contributed by atoms with van der Waals surface area (Å²) in [5, 5.41) is 10.9. The van der Waals surface area contributed by atoms with E-state index < -0.39 is 0 Å². The Balaban J connectivity index is 0.000000350. The minimum atomic E-state index is -0.125. The molecule has 3 aromatic carbocycles. The number of carbonyl (C=O) groups excluding carboxylic acids is 1. The fourth-order valence-electron chi connectivity index (χ4n) is 3.14. The van der Waals surface area contributed by atoms with Crippen molar-refractivity contribution in [3.05, 3.63) is 103 Å². The molecule has 0 fully saturated rings. The Morgan fingerprint density at radius 3 is 2.27 bits per heavy atom. The molecular formula is C26H22NO2Pt-. The number of pyridine rings is 1. The van der Waals surface area contributed by atoms with Gasteiger partial charge in [-0.15, -0.1) is 29.8 Å². The Morgan fingerprint density at radius 2 is 1.60 bits per heavy atom. The molecule has 0 amide bonds. The first kappa shape index (κ1) is 23.2. The number of ketones is 1. The van der Waals surface area contributed by atoms with Crippen molar-refractivity contribution in [2.45, 2.75) is 13.8 Å². The zero-order valence-electron chi connectivity index (χ0n) is 16.8. The predicted molar refractivity (Wildman–Crippen MR) is 119 cm³/mol. The number of aromatic nitrogens is 1. The average molecular weight is 576 g/mol. The average Bonchev–Trinajstić information content (AvgIpc) is 2.73. The molecule has 0 bridgehead atoms. The molecule has 1 aromatic heterocycles. The molecule has 4 rings (SSSR count). The quantitative estimate of drug-likeness (QED) is 0.175. The van der Waals surface area contributed by atoms with Crippen LogP contribution in [0.5, 0.6) is 0 Å². The molecule has 0 atom stereocenters. The second kappa shape index (κ2) is 11.2. The summed E-state index contributed by atoms with van der Waals surface area (Å²) >= 11 is 0. The SMILES string of the molecule is CC(=O)/C=C(/C)O.[Pt].[c-]1cccc(-c2cccc3ccccc23)c1-c1ccccn1. The van der Waals surface area contributed by atoms with Gasteiger partial charge in [0, 0.05) is 33.3 Å². The molecule has 1 N–H and O–H groups in total. The fourth-order valence-corrected chi connectivity index (χ4v) is 3.14. The maximum atomic E-state index is 10.0. The number of aliphatic hydroxyl groups is 1. The number of allylic oxidation sites excluding steroid dienone is 2. The summed E-state index contributed by atoms with van der Waals surface area (Å²) in [4.78, 5) is 14.5. The second-order valence-electron chi connectivity index (χ2n) is 6.60. The molecule has 1 heterocycles. The first-order chi connectivity index (χ1) is 14.1. The van der Waals surface area contributed by atoms with Crippen LogP contribution < -0.4 is 0 Å². The van der Waals surface area contributed by atoms with Crippen LogP contribution in [0.1, 0.15) is 13.8 Å². The van der Waals surface area contributed by atoms with Gasteiger partial charge < -0.3 is 10.1 Å². The molecule has 3 nitrogen and oxygen atoms in total. The molecule has 0 aliphatic rings. The molecule has 0 saturated heterocycles. The van der Waals surface area contributed by atoms with Gasteiger partial charge in [0.2, 0.25) is 0 Å². The van der Waals surface area contributed by atoms with E-state index in [4.69, 9.17) is 5.11 Å². The first-order valence-corrected chi connectivity index (χ1v) is 9.34. The van der Waals surface area contributed by atoms with Gasteiger partial charge in [0.25, 0.3) is 0 Å². The molecule has 0 saturated carbocycles. The van der Waals surface area contributed by atoms with Crippen molar-refractivity contribution in [2.24, 2.45) is 0 Å². The van der Waals surface area contributed by atoms with Crippen molar-refractivity contribution >= 4 is 16.6 Å². The normalized spacial score (nSPS) is 10.5. The Hall–Kier alpha value is -3.03. The van der Waals surface area contributed by atoms with Crippen LogP contribution in [0.25, 0.3) is 33.2 Å². The summed E-state index contributed by atoms with van der Waals surface area (Å²) in [6.45, 7) is 2.85. The standard InChI is InChI=1S/C21H14N.C5H8O2.Pt/c1-2-10-17-16(8-1)9-7-13-18(17)19-11-3-4-12-20(19)21-14-5-6-15-22-21;1-4(6)3-5(2)7;/h1-11,13-15H;3,6H,1-2H3;/q-1;;/b;4-3-;. The molecule has 4 aromatic rings. The summed E-state index contributed by atoms with van der Waals surface area (Å²) < 4.78 is 0. The molecule has 4 heteroatoms. The monoisotopic (exact) mass is 575 g/mol. The third kappa shape index (κ3) is 5.98. The van der Waals surface area contributed by atoms with Crippen LogP contribution in [0.4, 0.5) is 0 Å². The number of benzene rings is 3. The van der Waals surface area contributed by atoms with E-state index in [0.29, 0.717) is 0 Å². The van der Waals surface area contributed by atoms with E-state index in [1.807, 2.05) is 36.5 Å². The summed E-state index contributed by atoms with van der Waals surface area (Å²) in [7, 11) is 0. The molecule has 0 aliphatic heterocycles. The Morgan fingerprint density at radius 1 is 0.900 bits per heavy atom. The summed E-state index contributed by atoms with van der Waals surface area (Å²) in [6, 6.07) is 30.3. The number of hydrogen-bond acceptors (Lipinski definition) is 3. The third-order valence-electron chi connectivity index (χ3n) is 4.27. The molecule has 30 heavy (non-hydrogen) atoms. The first-order valence-electron chi connectivity index (χ1n) is 9.34. The van der Waals surface area contributed by atoms with Gasteiger partial charge in [-0.3, -0.25) is 4.79 Å². The smallest absolute Gasteiger partial charge is 0.155 e. The van der Waals surface area contributed by atoms with Crippen LogP contribution >= 0.6 is 0 Å². The summed E-state index contributed by atoms with van der Waals surface area (Å²) in [6.07, 6.45) is 2.99. The van der Waals surface area contributed by atoms with E-state index in [2.05, 4.69) is 59.6 Å². The van der Waals surface area contributed by atoms with Crippen molar-refractivity contribution < 1.29 is 31.0 Å². The van der Waals surface area contributed by atoms with Crippen molar-refractivity contribution in [1.29, 1.82) is 0 Å². The number of nitrogens with zero attached hydrogens (tertiary/aromatic N) is 1. The van der Waals surface area contributed by atoms with Gasteiger partial charge in [-0.25, -0.2) is 0 Å². The van der Waals surface area contributed by atoms with E-state index in [0.717, 1.165) is 16.8 Å². The maximum Gasteiger partial charge on any atom is 0.155 e. The maximum absolute atomic E-state index is 10.0. The van der Waals surface area contributed by atoms with Crippen molar-refractivity contribution in [3.63, 3.8) is 0 Å². The molecule has 0 aliphatic carbocycles. The van der Waals surface area contributed by atoms with Gasteiger partial charge in [0.1, 0.15) is 0 Å². The minimum absolute atomic E-state index is 0. The van der Waals surface area contributed by atoms with Gasteiger partial charge in [0.05, 0.1) is 5.76 Å².